The second kappa shape index (κ2) is 22.2. The highest BCUT2D eigenvalue weighted by atomic mass is 35.5. The smallest absolute Gasteiger partial charge is 0.254 e. The highest BCUT2D eigenvalue weighted by molar-refractivity contribution is 6.09. The van der Waals surface area contributed by atoms with Crippen LogP contribution in [0.1, 0.15) is 165 Å². The summed E-state index contributed by atoms with van der Waals surface area (Å²) >= 11 is 0. The Balaban J connectivity index is 0.00000106. The summed E-state index contributed by atoms with van der Waals surface area (Å²) in [6.07, 6.45) is 6.95. The maximum absolute atomic E-state index is 8.81. The number of ether oxygens (including phenoxy) is 2. The number of carbonyl (C=O) groups excluding carboxylic acids is 2. The van der Waals surface area contributed by atoms with Crippen LogP contribution in [0.3, 0.4) is 0 Å². The standard InChI is InChI=1S/C31H45N2.C14H23N.C4H10O2.C2H2O2.ClH/c1-28(2,3)22-15-23(29(4,5)6)18-26(17-22)32-13-14-33(21-32)27-19-24(30(7,8)9)16-25(20-27)31(10,11)12;1-13(2,3)10-7-11(14(4,5)6)9-12(15)8-10;1-3-6-4-5-2;3-1-2-4;/h13-21H,1-12H3;7-9H,15H2,1-6H3;3-4H2,1-2H3;1-2H;1H/q+1;;;;/p-1. The fraction of sp³-hybridized carbons (Fsp3) is 0.549. The van der Waals surface area contributed by atoms with Gasteiger partial charge in [-0.3, -0.25) is 9.59 Å². The molecule has 0 spiro atoms. The number of aldehydes is 2. The van der Waals surface area contributed by atoms with Gasteiger partial charge in [-0.05, 0) is 109 Å². The second-order valence-electron chi connectivity index (χ2n) is 21.3. The molecule has 0 saturated carbocycles. The van der Waals surface area contributed by atoms with Crippen LogP contribution in [0.25, 0.3) is 11.4 Å². The van der Waals surface area contributed by atoms with E-state index in [0.29, 0.717) is 6.79 Å². The van der Waals surface area contributed by atoms with Gasteiger partial charge in [0.15, 0.2) is 12.6 Å². The number of methoxy groups -OCH3 is 1. The van der Waals surface area contributed by atoms with Gasteiger partial charge in [-0.2, -0.15) is 0 Å². The zero-order valence-electron chi connectivity index (χ0n) is 40.5. The number of carbonyl (C=O) groups is 2. The molecular formula is C51H80ClN3O4. The number of nitrogen functional groups attached to an aromatic ring is 1. The van der Waals surface area contributed by atoms with Gasteiger partial charge in [0.05, 0.1) is 0 Å². The molecule has 3 aromatic carbocycles. The van der Waals surface area contributed by atoms with Crippen molar-refractivity contribution in [3.8, 4) is 11.4 Å². The molecule has 0 unspecified atom stereocenters. The van der Waals surface area contributed by atoms with Crippen molar-refractivity contribution in [1.82, 2.24) is 4.57 Å². The van der Waals surface area contributed by atoms with E-state index in [2.05, 4.69) is 212 Å². The monoisotopic (exact) mass is 834 g/mol. The summed E-state index contributed by atoms with van der Waals surface area (Å²) in [5, 5.41) is 0. The minimum atomic E-state index is 0. The Morgan fingerprint density at radius 1 is 0.559 bits per heavy atom. The van der Waals surface area contributed by atoms with E-state index in [-0.39, 0.29) is 57.5 Å². The van der Waals surface area contributed by atoms with Gasteiger partial charge in [-0.15, -0.1) is 0 Å². The van der Waals surface area contributed by atoms with Gasteiger partial charge in [0, 0.05) is 19.4 Å². The predicted octanol–water partition coefficient (Wildman–Crippen LogP) is 8.82. The number of nitrogens with two attached hydrogens (primary N) is 1. The third-order valence-electron chi connectivity index (χ3n) is 9.68. The topological polar surface area (TPSA) is 87.4 Å². The van der Waals surface area contributed by atoms with Gasteiger partial charge in [-0.1, -0.05) is 143 Å². The zero-order valence-corrected chi connectivity index (χ0v) is 41.2. The Morgan fingerprint density at radius 3 is 1.15 bits per heavy atom. The van der Waals surface area contributed by atoms with E-state index in [1.807, 2.05) is 6.92 Å². The van der Waals surface area contributed by atoms with Crippen LogP contribution >= 0.6 is 0 Å². The van der Waals surface area contributed by atoms with Crippen molar-refractivity contribution in [2.24, 2.45) is 0 Å². The summed E-state index contributed by atoms with van der Waals surface area (Å²) in [6.45, 7) is 43.9. The van der Waals surface area contributed by atoms with Crippen molar-refractivity contribution in [1.29, 1.82) is 0 Å². The number of hydrogen-bond acceptors (Lipinski definition) is 5. The van der Waals surface area contributed by atoms with Crippen molar-refractivity contribution in [2.45, 2.75) is 164 Å². The Hall–Kier alpha value is -3.78. The SMILES string of the molecule is CC(C)(C)c1cc(-n2cc[n+](-c3cc(C(C)(C)C)cc(C(C)(C)C)c3)c2)cc(C(C)(C)C)c1.CC(C)(C)c1cc(N)cc(C(C)(C)C)c1.CCOCOC.O=CC=O.[Cl-]. The Morgan fingerprint density at radius 2 is 0.881 bits per heavy atom. The molecule has 8 heteroatoms. The van der Waals surface area contributed by atoms with Crippen LogP contribution in [0.2, 0.25) is 0 Å². The van der Waals surface area contributed by atoms with Crippen molar-refractivity contribution in [2.75, 3.05) is 26.2 Å². The van der Waals surface area contributed by atoms with Gasteiger partial charge >= 0.3 is 0 Å². The van der Waals surface area contributed by atoms with Crippen molar-refractivity contribution >= 4 is 18.3 Å². The fourth-order valence-electron chi connectivity index (χ4n) is 5.60. The molecule has 2 N–H and O–H groups in total. The largest absolute Gasteiger partial charge is 1.00 e. The molecule has 1 heterocycles. The van der Waals surface area contributed by atoms with Crippen molar-refractivity contribution in [3.63, 3.8) is 0 Å². The zero-order chi connectivity index (χ0) is 45.1. The number of anilines is 1. The molecule has 0 aliphatic heterocycles. The first-order valence-corrected chi connectivity index (χ1v) is 20.6. The maximum atomic E-state index is 8.81. The van der Waals surface area contributed by atoms with Gasteiger partial charge < -0.3 is 27.6 Å². The van der Waals surface area contributed by atoms with Gasteiger partial charge in [0.2, 0.25) is 0 Å². The molecule has 0 atom stereocenters. The summed E-state index contributed by atoms with van der Waals surface area (Å²) < 4.78 is 13.8. The number of halogens is 1. The quantitative estimate of drug-likeness (QED) is 0.0525. The molecule has 0 aliphatic rings. The number of nitrogens with zero attached hydrogens (tertiary/aromatic N) is 2. The molecule has 0 amide bonds. The predicted molar refractivity (Wildman–Crippen MR) is 246 cm³/mol. The number of hydrogen-bond donors (Lipinski definition) is 1. The van der Waals surface area contributed by atoms with Crippen LogP contribution in [0, 0.1) is 0 Å². The van der Waals surface area contributed by atoms with E-state index >= 15 is 0 Å². The third kappa shape index (κ3) is 18.6. The lowest BCUT2D eigenvalue weighted by molar-refractivity contribution is -0.594. The van der Waals surface area contributed by atoms with Gasteiger partial charge in [0.1, 0.15) is 30.6 Å². The molecule has 4 rings (SSSR count). The summed E-state index contributed by atoms with van der Waals surface area (Å²) in [5.41, 5.74) is 18.1. The highest BCUT2D eigenvalue weighted by Crippen LogP contribution is 2.34. The summed E-state index contributed by atoms with van der Waals surface area (Å²) in [4.78, 5) is 17.6. The maximum Gasteiger partial charge on any atom is 0.254 e. The van der Waals surface area contributed by atoms with E-state index in [1.54, 1.807) is 7.11 Å². The Bertz CT molecular complexity index is 1710. The van der Waals surface area contributed by atoms with E-state index in [9.17, 15) is 0 Å². The summed E-state index contributed by atoms with van der Waals surface area (Å²) in [6, 6.07) is 20.5. The average molecular weight is 835 g/mol. The summed E-state index contributed by atoms with van der Waals surface area (Å²) in [5.74, 6) is 0. The highest BCUT2D eigenvalue weighted by Gasteiger charge is 2.25. The third-order valence-corrected chi connectivity index (χ3v) is 9.68. The molecule has 0 bridgehead atoms. The molecule has 4 aromatic rings. The second-order valence-corrected chi connectivity index (χ2v) is 21.3. The lowest BCUT2D eigenvalue weighted by Gasteiger charge is -2.25. The van der Waals surface area contributed by atoms with Crippen LogP contribution in [0.5, 0.6) is 0 Å². The van der Waals surface area contributed by atoms with Gasteiger partial charge in [0.25, 0.3) is 6.33 Å². The first kappa shape index (κ1) is 55.2. The molecular weight excluding hydrogens is 754 g/mol. The molecule has 1 aromatic heterocycles. The molecule has 0 fully saturated rings. The number of rotatable bonds is 6. The van der Waals surface area contributed by atoms with Crippen LogP contribution in [0.4, 0.5) is 5.69 Å². The summed E-state index contributed by atoms with van der Waals surface area (Å²) in [7, 11) is 1.61. The van der Waals surface area contributed by atoms with E-state index in [4.69, 9.17) is 20.1 Å². The number of aromatic nitrogens is 2. The van der Waals surface area contributed by atoms with Crippen LogP contribution in [-0.2, 0) is 51.6 Å². The first-order chi connectivity index (χ1) is 26.3. The number of imidazole rings is 1. The lowest BCUT2D eigenvalue weighted by atomic mass is 9.80. The van der Waals surface area contributed by atoms with E-state index < -0.39 is 0 Å². The number of benzene rings is 3. The van der Waals surface area contributed by atoms with Crippen molar-refractivity contribution < 1.29 is 36.0 Å². The first-order valence-electron chi connectivity index (χ1n) is 20.6. The normalized spacial score (nSPS) is 12.1. The Labute approximate surface area is 365 Å². The van der Waals surface area contributed by atoms with Gasteiger partial charge in [-0.25, -0.2) is 9.13 Å². The minimum absolute atomic E-state index is 0. The average Bonchev–Trinajstić information content (AvgIpc) is 3.59. The van der Waals surface area contributed by atoms with E-state index in [0.717, 1.165) is 12.3 Å². The molecule has 0 radical (unpaired) electrons. The molecule has 330 valence electrons. The minimum Gasteiger partial charge on any atom is -1.00 e. The van der Waals surface area contributed by atoms with Crippen LogP contribution < -0.4 is 22.7 Å². The van der Waals surface area contributed by atoms with Crippen LogP contribution in [0.15, 0.2) is 73.3 Å². The molecule has 59 heavy (non-hydrogen) atoms. The fourth-order valence-corrected chi connectivity index (χ4v) is 5.60. The Kier molecular flexibility index (Phi) is 20.8. The molecule has 7 nitrogen and oxygen atoms in total. The van der Waals surface area contributed by atoms with Crippen LogP contribution in [-0.4, -0.2) is 37.6 Å². The van der Waals surface area contributed by atoms with E-state index in [1.165, 1.54) is 44.8 Å². The molecule has 0 aliphatic carbocycles. The van der Waals surface area contributed by atoms with Crippen molar-refractivity contribution in [3.05, 3.63) is 107 Å². The molecule has 0 saturated heterocycles. The lowest BCUT2D eigenvalue weighted by Crippen LogP contribution is -3.00.